The van der Waals surface area contributed by atoms with Gasteiger partial charge < -0.3 is 14.5 Å². The van der Waals surface area contributed by atoms with Gasteiger partial charge in [0.25, 0.3) is 5.69 Å². The number of carbonyl (C=O) groups is 2. The van der Waals surface area contributed by atoms with Crippen molar-refractivity contribution in [3.8, 4) is 10.6 Å². The highest BCUT2D eigenvalue weighted by Crippen LogP contribution is 2.23. The molecule has 1 fully saturated rings. The molecular formula is C20H25N7O5S. The van der Waals surface area contributed by atoms with Gasteiger partial charge in [0.15, 0.2) is 0 Å². The minimum atomic E-state index is -0.556. The molecule has 0 atom stereocenters. The van der Waals surface area contributed by atoms with E-state index in [9.17, 15) is 19.7 Å². The molecule has 3 heterocycles. The molecule has 0 aliphatic carbocycles. The molecule has 2 aromatic rings. The van der Waals surface area contributed by atoms with Gasteiger partial charge in [-0.1, -0.05) is 11.3 Å². The number of nitro groups is 1. The van der Waals surface area contributed by atoms with Crippen molar-refractivity contribution in [2.24, 2.45) is 4.99 Å². The van der Waals surface area contributed by atoms with Crippen LogP contribution in [0.4, 0.5) is 10.5 Å². The Balaban J connectivity index is 1.80. The summed E-state index contributed by atoms with van der Waals surface area (Å²) in [6.07, 6.45) is 4.57. The number of hydrogen-bond acceptors (Lipinski definition) is 10. The van der Waals surface area contributed by atoms with Crippen molar-refractivity contribution in [2.75, 3.05) is 26.2 Å². The van der Waals surface area contributed by atoms with Gasteiger partial charge in [0.1, 0.15) is 22.6 Å². The fourth-order valence-corrected chi connectivity index (χ4v) is 3.91. The highest BCUT2D eigenvalue weighted by molar-refractivity contribution is 7.12. The maximum atomic E-state index is 12.3. The molecule has 33 heavy (non-hydrogen) atoms. The first-order valence-electron chi connectivity index (χ1n) is 10.2. The van der Waals surface area contributed by atoms with Crippen molar-refractivity contribution in [3.63, 3.8) is 0 Å². The highest BCUT2D eigenvalue weighted by atomic mass is 32.1. The van der Waals surface area contributed by atoms with Crippen LogP contribution in [0.25, 0.3) is 10.6 Å². The summed E-state index contributed by atoms with van der Waals surface area (Å²) in [4.78, 5) is 46.8. The number of allylic oxidation sites excluding steroid dienone is 1. The Morgan fingerprint density at radius 3 is 2.48 bits per heavy atom. The maximum absolute atomic E-state index is 12.3. The lowest BCUT2D eigenvalue weighted by Gasteiger charge is -2.36. The standard InChI is InChI=1S/C20H25N7O5S/c1-5-16(24-6-8-25(9-7-24)19(29)32-20(2,3)4)22-18-26(13-28)23-17(33-18)14-10-15(27(30)31)12-21-11-14/h5,10-13H,6-9H2,1-4H3/b16-5+,22-18+. The predicted molar refractivity (Wildman–Crippen MR) is 121 cm³/mol. The van der Waals surface area contributed by atoms with Crippen molar-refractivity contribution < 1.29 is 19.2 Å². The van der Waals surface area contributed by atoms with Gasteiger partial charge in [0.2, 0.25) is 11.2 Å². The van der Waals surface area contributed by atoms with E-state index < -0.39 is 10.5 Å². The number of aromatic nitrogens is 3. The molecule has 0 N–H and O–H groups in total. The molecule has 0 spiro atoms. The number of amides is 1. The van der Waals surface area contributed by atoms with Crippen molar-refractivity contribution in [1.82, 2.24) is 24.6 Å². The molecule has 1 aliphatic heterocycles. The molecule has 12 nitrogen and oxygen atoms in total. The molecule has 3 rings (SSSR count). The molecule has 176 valence electrons. The van der Waals surface area contributed by atoms with E-state index in [0.29, 0.717) is 53.8 Å². The maximum Gasteiger partial charge on any atom is 0.410 e. The molecule has 0 aromatic carbocycles. The molecule has 2 aromatic heterocycles. The third kappa shape index (κ3) is 6.00. The Morgan fingerprint density at radius 1 is 1.24 bits per heavy atom. The predicted octanol–water partition coefficient (Wildman–Crippen LogP) is 2.27. The van der Waals surface area contributed by atoms with Gasteiger partial charge in [-0.05, 0) is 33.8 Å². The van der Waals surface area contributed by atoms with Crippen LogP contribution in [0.15, 0.2) is 35.3 Å². The van der Waals surface area contributed by atoms with Gasteiger partial charge in [-0.15, -0.1) is 0 Å². The van der Waals surface area contributed by atoms with Gasteiger partial charge in [0, 0.05) is 44.0 Å². The number of nitrogens with zero attached hydrogens (tertiary/aromatic N) is 7. The van der Waals surface area contributed by atoms with Crippen molar-refractivity contribution in [2.45, 2.75) is 33.3 Å². The van der Waals surface area contributed by atoms with E-state index in [1.807, 2.05) is 38.7 Å². The third-order valence-corrected chi connectivity index (χ3v) is 5.56. The van der Waals surface area contributed by atoms with Crippen LogP contribution < -0.4 is 4.80 Å². The van der Waals surface area contributed by atoms with Crippen LogP contribution >= 0.6 is 11.3 Å². The number of ether oxygens (including phenoxy) is 1. The van der Waals surface area contributed by atoms with Crippen LogP contribution in [0.2, 0.25) is 0 Å². The summed E-state index contributed by atoms with van der Waals surface area (Å²) in [5.74, 6) is 0.627. The molecule has 0 bridgehead atoms. The summed E-state index contributed by atoms with van der Waals surface area (Å²) < 4.78 is 6.51. The molecular weight excluding hydrogens is 450 g/mol. The summed E-state index contributed by atoms with van der Waals surface area (Å²) in [5.41, 5.74) is -0.311. The van der Waals surface area contributed by atoms with E-state index >= 15 is 0 Å². The van der Waals surface area contributed by atoms with Crippen molar-refractivity contribution in [3.05, 3.63) is 45.3 Å². The fourth-order valence-electron chi connectivity index (χ4n) is 3.06. The third-order valence-electron chi connectivity index (χ3n) is 4.59. The smallest absolute Gasteiger partial charge is 0.410 e. The average molecular weight is 476 g/mol. The quantitative estimate of drug-likeness (QED) is 0.365. The second-order valence-corrected chi connectivity index (χ2v) is 9.10. The second kappa shape index (κ2) is 9.90. The Labute approximate surface area is 194 Å². The Kier molecular flexibility index (Phi) is 7.21. The van der Waals surface area contributed by atoms with Crippen LogP contribution in [0.5, 0.6) is 0 Å². The topological polar surface area (TPSA) is 136 Å². The largest absolute Gasteiger partial charge is 0.444 e. The van der Waals surface area contributed by atoms with Crippen LogP contribution in [0.3, 0.4) is 0 Å². The fraction of sp³-hybridized carbons (Fsp3) is 0.450. The van der Waals surface area contributed by atoms with Crippen LogP contribution in [-0.2, 0) is 9.53 Å². The van der Waals surface area contributed by atoms with Gasteiger partial charge in [-0.25, -0.2) is 9.79 Å². The Bertz CT molecular complexity index is 1140. The molecule has 0 saturated carbocycles. The van der Waals surface area contributed by atoms with E-state index in [2.05, 4.69) is 15.1 Å². The first kappa shape index (κ1) is 24.0. The van der Waals surface area contributed by atoms with Gasteiger partial charge in [-0.3, -0.25) is 19.9 Å². The number of carbonyl (C=O) groups excluding carboxylic acids is 2. The zero-order valence-corrected chi connectivity index (χ0v) is 19.6. The van der Waals surface area contributed by atoms with Gasteiger partial charge >= 0.3 is 6.09 Å². The minimum Gasteiger partial charge on any atom is -0.444 e. The molecule has 0 radical (unpaired) electrons. The first-order chi connectivity index (χ1) is 15.6. The first-order valence-corrected chi connectivity index (χ1v) is 11.0. The SMILES string of the molecule is C/C=C(\N=c1\sc(-c2cncc([N+](=O)[O-])c2)nn1C=O)N1CCN(C(=O)OC(C)(C)C)CC1. The number of hydrogen-bond donors (Lipinski definition) is 0. The molecule has 13 heteroatoms. The van der Waals surface area contributed by atoms with Crippen molar-refractivity contribution in [1.29, 1.82) is 0 Å². The second-order valence-electron chi connectivity index (χ2n) is 8.14. The number of pyridine rings is 1. The summed E-state index contributed by atoms with van der Waals surface area (Å²) >= 11 is 1.12. The lowest BCUT2D eigenvalue weighted by molar-refractivity contribution is -0.385. The minimum absolute atomic E-state index is 0.171. The van der Waals surface area contributed by atoms with E-state index in [1.54, 1.807) is 4.90 Å². The van der Waals surface area contributed by atoms with Gasteiger partial charge in [-0.2, -0.15) is 9.78 Å². The van der Waals surface area contributed by atoms with Crippen LogP contribution in [-0.4, -0.2) is 73.8 Å². The Hall–Kier alpha value is -3.61. The molecule has 1 aliphatic rings. The van der Waals surface area contributed by atoms with E-state index in [-0.39, 0.29) is 11.8 Å². The van der Waals surface area contributed by atoms with Crippen LogP contribution in [0, 0.1) is 10.1 Å². The highest BCUT2D eigenvalue weighted by Gasteiger charge is 2.26. The lowest BCUT2D eigenvalue weighted by atomic mass is 10.2. The van der Waals surface area contributed by atoms with Crippen molar-refractivity contribution >= 4 is 29.5 Å². The van der Waals surface area contributed by atoms with Crippen LogP contribution in [0.1, 0.15) is 27.7 Å². The van der Waals surface area contributed by atoms with E-state index in [4.69, 9.17) is 4.74 Å². The average Bonchev–Trinajstić information content (AvgIpc) is 3.19. The monoisotopic (exact) mass is 475 g/mol. The Morgan fingerprint density at radius 2 is 1.91 bits per heavy atom. The van der Waals surface area contributed by atoms with E-state index in [1.165, 1.54) is 12.3 Å². The van der Waals surface area contributed by atoms with E-state index in [0.717, 1.165) is 22.2 Å². The zero-order valence-electron chi connectivity index (χ0n) is 18.8. The summed E-state index contributed by atoms with van der Waals surface area (Å²) in [7, 11) is 0. The zero-order chi connectivity index (χ0) is 24.2. The molecule has 1 amide bonds. The van der Waals surface area contributed by atoms with Gasteiger partial charge in [0.05, 0.1) is 4.92 Å². The molecule has 0 unspecified atom stereocenters. The number of rotatable bonds is 5. The summed E-state index contributed by atoms with van der Waals surface area (Å²) in [5, 5.41) is 15.6. The summed E-state index contributed by atoms with van der Waals surface area (Å²) in [6.45, 7) is 9.35. The summed E-state index contributed by atoms with van der Waals surface area (Å²) in [6, 6.07) is 1.34. The number of piperazine rings is 1. The normalized spacial score (nSPS) is 15.5. The lowest BCUT2D eigenvalue weighted by Crippen LogP contribution is -2.49. The molecule has 1 saturated heterocycles.